The van der Waals surface area contributed by atoms with Gasteiger partial charge in [0.2, 0.25) is 0 Å². The molecule has 0 saturated heterocycles. The van der Waals surface area contributed by atoms with Gasteiger partial charge < -0.3 is 9.84 Å². The third-order valence-corrected chi connectivity index (χ3v) is 4.56. The summed E-state index contributed by atoms with van der Waals surface area (Å²) in [5.41, 5.74) is 2.70. The van der Waals surface area contributed by atoms with E-state index in [0.717, 1.165) is 18.6 Å². The second kappa shape index (κ2) is 6.17. The predicted octanol–water partition coefficient (Wildman–Crippen LogP) is 4.78. The Morgan fingerprint density at radius 3 is 2.05 bits per heavy atom. The van der Waals surface area contributed by atoms with Gasteiger partial charge in [0.05, 0.1) is 0 Å². The van der Waals surface area contributed by atoms with E-state index >= 15 is 0 Å². The van der Waals surface area contributed by atoms with Crippen LogP contribution in [0, 0.1) is 0 Å². The molecular weight excluding hydrogens is 248 g/mol. The molecule has 0 heterocycles. The Bertz CT molecular complexity index is 445. The van der Waals surface area contributed by atoms with Crippen molar-refractivity contribution in [2.45, 2.75) is 78.4 Å². The maximum Gasteiger partial charge on any atom is 0.194 e. The number of benzene rings is 1. The van der Waals surface area contributed by atoms with Crippen molar-refractivity contribution >= 4 is 0 Å². The fraction of sp³-hybridized carbons (Fsp3) is 0.667. The Hall–Kier alpha value is -1.02. The normalized spacial score (nSPS) is 14.2. The summed E-state index contributed by atoms with van der Waals surface area (Å²) in [6.07, 6.45) is 1.33. The quantitative estimate of drug-likeness (QED) is 0.759. The van der Waals surface area contributed by atoms with E-state index in [0.29, 0.717) is 0 Å². The van der Waals surface area contributed by atoms with E-state index in [2.05, 4.69) is 53.7 Å². The summed E-state index contributed by atoms with van der Waals surface area (Å²) in [4.78, 5) is 0. The fourth-order valence-corrected chi connectivity index (χ4v) is 2.16. The molecule has 0 amide bonds. The average molecular weight is 278 g/mol. The molecular formula is C18H30O2. The molecule has 0 aliphatic heterocycles. The van der Waals surface area contributed by atoms with Gasteiger partial charge in [0, 0.05) is 5.56 Å². The molecule has 0 aliphatic carbocycles. The molecule has 0 radical (unpaired) electrons. The van der Waals surface area contributed by atoms with Crippen LogP contribution in [-0.2, 0) is 10.8 Å². The maximum absolute atomic E-state index is 9.52. The van der Waals surface area contributed by atoms with Crippen molar-refractivity contribution in [3.05, 3.63) is 29.3 Å². The Labute approximate surface area is 124 Å². The Morgan fingerprint density at radius 1 is 1.05 bits per heavy atom. The van der Waals surface area contributed by atoms with Crippen LogP contribution in [0.15, 0.2) is 18.2 Å². The van der Waals surface area contributed by atoms with Gasteiger partial charge in [0.15, 0.2) is 6.29 Å². The number of aliphatic hydroxyl groups is 1. The summed E-state index contributed by atoms with van der Waals surface area (Å²) in [5, 5.41) is 9.52. The third-order valence-electron chi connectivity index (χ3n) is 4.56. The van der Waals surface area contributed by atoms with Crippen molar-refractivity contribution in [2.75, 3.05) is 0 Å². The molecule has 1 unspecified atom stereocenters. The van der Waals surface area contributed by atoms with Gasteiger partial charge in [-0.15, -0.1) is 0 Å². The first-order valence-electron chi connectivity index (χ1n) is 7.63. The Balaban J connectivity index is 3.36. The standard InChI is InChI=1S/C18H30O2/c1-8-17(4,5)14-10-11-16(20-13(3)19)15(12-14)18(6,7)9-2/h10-13,19H,8-9H2,1-7H3. The van der Waals surface area contributed by atoms with Crippen molar-refractivity contribution in [1.82, 2.24) is 0 Å². The molecule has 0 spiro atoms. The van der Waals surface area contributed by atoms with Crippen LogP contribution in [0.1, 0.15) is 72.4 Å². The highest BCUT2D eigenvalue weighted by Gasteiger charge is 2.26. The number of rotatable bonds is 6. The molecule has 20 heavy (non-hydrogen) atoms. The van der Waals surface area contributed by atoms with Gasteiger partial charge in [-0.3, -0.25) is 0 Å². The van der Waals surface area contributed by atoms with Crippen LogP contribution in [0.25, 0.3) is 0 Å². The molecule has 2 nitrogen and oxygen atoms in total. The number of ether oxygens (including phenoxy) is 1. The molecule has 1 rings (SSSR count). The van der Waals surface area contributed by atoms with E-state index in [1.54, 1.807) is 6.92 Å². The summed E-state index contributed by atoms with van der Waals surface area (Å²) in [6, 6.07) is 6.38. The lowest BCUT2D eigenvalue weighted by Crippen LogP contribution is -2.22. The minimum atomic E-state index is -0.786. The van der Waals surface area contributed by atoms with Crippen molar-refractivity contribution < 1.29 is 9.84 Å². The van der Waals surface area contributed by atoms with Gasteiger partial charge in [-0.25, -0.2) is 0 Å². The van der Waals surface area contributed by atoms with Crippen LogP contribution >= 0.6 is 0 Å². The first kappa shape index (κ1) is 17.0. The third kappa shape index (κ3) is 3.76. The molecule has 2 heteroatoms. The zero-order chi connectivity index (χ0) is 15.6. The highest BCUT2D eigenvalue weighted by atomic mass is 16.6. The number of hydrogen-bond acceptors (Lipinski definition) is 2. The second-order valence-electron chi connectivity index (χ2n) is 6.90. The molecule has 0 aliphatic rings. The topological polar surface area (TPSA) is 29.5 Å². The van der Waals surface area contributed by atoms with Crippen LogP contribution in [0.5, 0.6) is 5.75 Å². The molecule has 0 aromatic heterocycles. The van der Waals surface area contributed by atoms with Crippen molar-refractivity contribution in [1.29, 1.82) is 0 Å². The minimum absolute atomic E-state index is 0.0318. The second-order valence-corrected chi connectivity index (χ2v) is 6.90. The monoisotopic (exact) mass is 278 g/mol. The van der Waals surface area contributed by atoms with Gasteiger partial charge in [-0.2, -0.15) is 0 Å². The van der Waals surface area contributed by atoms with E-state index in [9.17, 15) is 5.11 Å². The Kier molecular flexibility index (Phi) is 5.26. The van der Waals surface area contributed by atoms with Crippen LogP contribution in [-0.4, -0.2) is 11.4 Å². The summed E-state index contributed by atoms with van der Waals surface area (Å²) in [7, 11) is 0. The van der Waals surface area contributed by atoms with Crippen LogP contribution < -0.4 is 4.74 Å². The van der Waals surface area contributed by atoms with E-state index < -0.39 is 6.29 Å². The van der Waals surface area contributed by atoms with Crippen LogP contribution in [0.2, 0.25) is 0 Å². The molecule has 1 aromatic carbocycles. The molecule has 1 N–H and O–H groups in total. The van der Waals surface area contributed by atoms with E-state index in [1.165, 1.54) is 11.1 Å². The largest absolute Gasteiger partial charge is 0.465 e. The Morgan fingerprint density at radius 2 is 1.60 bits per heavy atom. The lowest BCUT2D eigenvalue weighted by atomic mass is 9.76. The minimum Gasteiger partial charge on any atom is -0.465 e. The first-order valence-corrected chi connectivity index (χ1v) is 7.63. The zero-order valence-corrected chi connectivity index (χ0v) is 14.1. The molecule has 0 saturated carbocycles. The highest BCUT2D eigenvalue weighted by Crippen LogP contribution is 2.38. The van der Waals surface area contributed by atoms with Gasteiger partial charge in [-0.05, 0) is 42.2 Å². The highest BCUT2D eigenvalue weighted by molar-refractivity contribution is 5.44. The van der Waals surface area contributed by atoms with Gasteiger partial charge in [0.1, 0.15) is 5.75 Å². The lowest BCUT2D eigenvalue weighted by molar-refractivity contribution is -0.00169. The van der Waals surface area contributed by atoms with Gasteiger partial charge >= 0.3 is 0 Å². The van der Waals surface area contributed by atoms with Crippen LogP contribution in [0.3, 0.4) is 0 Å². The summed E-state index contributed by atoms with van der Waals surface area (Å²) < 4.78 is 5.59. The summed E-state index contributed by atoms with van der Waals surface area (Å²) in [6.45, 7) is 15.0. The summed E-state index contributed by atoms with van der Waals surface area (Å²) >= 11 is 0. The predicted molar refractivity (Wildman–Crippen MR) is 85.4 cm³/mol. The molecule has 0 bridgehead atoms. The van der Waals surface area contributed by atoms with E-state index in [-0.39, 0.29) is 10.8 Å². The maximum atomic E-state index is 9.52. The van der Waals surface area contributed by atoms with Crippen molar-refractivity contribution in [3.63, 3.8) is 0 Å². The van der Waals surface area contributed by atoms with E-state index in [1.807, 2.05) is 6.07 Å². The first-order chi connectivity index (χ1) is 9.14. The number of hydrogen-bond donors (Lipinski definition) is 1. The summed E-state index contributed by atoms with van der Waals surface area (Å²) in [5.74, 6) is 0.794. The lowest BCUT2D eigenvalue weighted by Gasteiger charge is -2.30. The molecule has 114 valence electrons. The average Bonchev–Trinajstić information content (AvgIpc) is 2.38. The van der Waals surface area contributed by atoms with Crippen molar-refractivity contribution in [3.8, 4) is 5.75 Å². The van der Waals surface area contributed by atoms with E-state index in [4.69, 9.17) is 4.74 Å². The zero-order valence-electron chi connectivity index (χ0n) is 14.1. The number of aliphatic hydroxyl groups excluding tert-OH is 1. The molecule has 1 atom stereocenters. The van der Waals surface area contributed by atoms with Gasteiger partial charge in [-0.1, -0.05) is 53.7 Å². The SMILES string of the molecule is CCC(C)(C)c1ccc(OC(C)O)c(C(C)(C)CC)c1. The smallest absolute Gasteiger partial charge is 0.194 e. The van der Waals surface area contributed by atoms with Crippen LogP contribution in [0.4, 0.5) is 0 Å². The molecule has 1 aromatic rings. The molecule has 0 fully saturated rings. The fourth-order valence-electron chi connectivity index (χ4n) is 2.16. The van der Waals surface area contributed by atoms with Gasteiger partial charge in [0.25, 0.3) is 0 Å². The van der Waals surface area contributed by atoms with Crippen molar-refractivity contribution in [2.24, 2.45) is 0 Å².